The van der Waals surface area contributed by atoms with Crippen molar-refractivity contribution in [2.24, 2.45) is 0 Å². The monoisotopic (exact) mass is 276 g/mol. The van der Waals surface area contributed by atoms with E-state index < -0.39 is 0 Å². The Kier molecular flexibility index (Phi) is 5.43. The summed E-state index contributed by atoms with van der Waals surface area (Å²) < 4.78 is 0. The molecule has 4 nitrogen and oxygen atoms in total. The molecular weight excluding hydrogens is 259 g/mol. The van der Waals surface area contributed by atoms with E-state index in [0.29, 0.717) is 17.1 Å². The summed E-state index contributed by atoms with van der Waals surface area (Å²) in [4.78, 5) is 10.7. The Balaban J connectivity index is 0.00000144. The highest BCUT2D eigenvalue weighted by molar-refractivity contribution is 6.30. The SMILES string of the molecule is Cc1cnc(N(C)[C@H]2CCCNC2)nc1Cl.Cl. The van der Waals surface area contributed by atoms with Crippen LogP contribution in [0.5, 0.6) is 0 Å². The Labute approximate surface area is 113 Å². The molecule has 1 atom stereocenters. The fraction of sp³-hybridized carbons (Fsp3) is 0.636. The van der Waals surface area contributed by atoms with E-state index in [1.165, 1.54) is 12.8 Å². The molecule has 0 amide bonds. The zero-order valence-corrected chi connectivity index (χ0v) is 11.7. The first-order valence-electron chi connectivity index (χ1n) is 5.61. The smallest absolute Gasteiger partial charge is 0.226 e. The number of piperidine rings is 1. The van der Waals surface area contributed by atoms with Crippen LogP contribution in [0, 0.1) is 6.92 Å². The lowest BCUT2D eigenvalue weighted by molar-refractivity contribution is 0.441. The van der Waals surface area contributed by atoms with Crippen LogP contribution in [0.3, 0.4) is 0 Å². The average molecular weight is 277 g/mol. The Morgan fingerprint density at radius 3 is 2.88 bits per heavy atom. The number of aryl methyl sites for hydroxylation is 1. The first kappa shape index (κ1) is 14.5. The maximum absolute atomic E-state index is 6.00. The van der Waals surface area contributed by atoms with Crippen molar-refractivity contribution in [3.63, 3.8) is 0 Å². The Morgan fingerprint density at radius 2 is 2.29 bits per heavy atom. The van der Waals surface area contributed by atoms with E-state index >= 15 is 0 Å². The summed E-state index contributed by atoms with van der Waals surface area (Å²) in [5.41, 5.74) is 0.917. The molecule has 96 valence electrons. The highest BCUT2D eigenvalue weighted by Crippen LogP contribution is 2.18. The van der Waals surface area contributed by atoms with E-state index in [4.69, 9.17) is 11.6 Å². The van der Waals surface area contributed by atoms with Crippen LogP contribution in [0.25, 0.3) is 0 Å². The van der Waals surface area contributed by atoms with E-state index in [0.717, 1.165) is 18.7 Å². The van der Waals surface area contributed by atoms with Gasteiger partial charge in [-0.1, -0.05) is 11.6 Å². The van der Waals surface area contributed by atoms with Crippen LogP contribution in [0.4, 0.5) is 5.95 Å². The number of hydrogen-bond acceptors (Lipinski definition) is 4. The van der Waals surface area contributed by atoms with Gasteiger partial charge < -0.3 is 10.2 Å². The van der Waals surface area contributed by atoms with Gasteiger partial charge in [0.05, 0.1) is 0 Å². The Bertz CT molecular complexity index is 366. The van der Waals surface area contributed by atoms with E-state index in [-0.39, 0.29) is 12.4 Å². The van der Waals surface area contributed by atoms with Crippen molar-refractivity contribution in [2.45, 2.75) is 25.8 Å². The molecule has 6 heteroatoms. The third-order valence-electron chi connectivity index (χ3n) is 3.03. The Hall–Kier alpha value is -0.580. The number of halogens is 2. The summed E-state index contributed by atoms with van der Waals surface area (Å²) in [7, 11) is 2.03. The van der Waals surface area contributed by atoms with Gasteiger partial charge in [0.2, 0.25) is 5.95 Å². The van der Waals surface area contributed by atoms with Gasteiger partial charge in [-0.2, -0.15) is 0 Å². The average Bonchev–Trinajstić information content (AvgIpc) is 2.33. The molecule has 0 radical (unpaired) electrons. The minimum absolute atomic E-state index is 0. The fourth-order valence-electron chi connectivity index (χ4n) is 1.91. The third-order valence-corrected chi connectivity index (χ3v) is 3.41. The molecule has 1 aliphatic heterocycles. The van der Waals surface area contributed by atoms with Gasteiger partial charge in [0.1, 0.15) is 5.15 Å². The highest BCUT2D eigenvalue weighted by Gasteiger charge is 2.20. The number of nitrogens with zero attached hydrogens (tertiary/aromatic N) is 3. The van der Waals surface area contributed by atoms with Gasteiger partial charge in [0.15, 0.2) is 0 Å². The summed E-state index contributed by atoms with van der Waals surface area (Å²) in [5.74, 6) is 0.712. The zero-order chi connectivity index (χ0) is 11.5. The number of nitrogens with one attached hydrogen (secondary N) is 1. The quantitative estimate of drug-likeness (QED) is 0.840. The van der Waals surface area contributed by atoms with Gasteiger partial charge in [-0.05, 0) is 26.3 Å². The van der Waals surface area contributed by atoms with E-state index in [1.54, 1.807) is 6.20 Å². The molecule has 17 heavy (non-hydrogen) atoms. The lowest BCUT2D eigenvalue weighted by Gasteiger charge is -2.31. The molecule has 0 aliphatic carbocycles. The maximum Gasteiger partial charge on any atom is 0.226 e. The van der Waals surface area contributed by atoms with E-state index in [2.05, 4.69) is 20.2 Å². The maximum atomic E-state index is 6.00. The molecule has 0 spiro atoms. The summed E-state index contributed by atoms with van der Waals surface area (Å²) in [6.45, 7) is 4.01. The minimum atomic E-state index is 0. The molecule has 0 aromatic carbocycles. The second-order valence-corrected chi connectivity index (χ2v) is 4.61. The fourth-order valence-corrected chi connectivity index (χ4v) is 2.03. The molecule has 0 saturated carbocycles. The van der Waals surface area contributed by atoms with Crippen LogP contribution in [-0.4, -0.2) is 36.1 Å². The Morgan fingerprint density at radius 1 is 1.53 bits per heavy atom. The van der Waals surface area contributed by atoms with Gasteiger partial charge >= 0.3 is 0 Å². The molecular formula is C11H18Cl2N4. The number of anilines is 1. The lowest BCUT2D eigenvalue weighted by Crippen LogP contribution is -2.44. The van der Waals surface area contributed by atoms with Gasteiger partial charge in [-0.25, -0.2) is 9.97 Å². The van der Waals surface area contributed by atoms with Crippen molar-refractivity contribution in [1.29, 1.82) is 0 Å². The first-order valence-corrected chi connectivity index (χ1v) is 5.99. The molecule has 1 fully saturated rings. The second kappa shape index (κ2) is 6.38. The molecule has 0 unspecified atom stereocenters. The van der Waals surface area contributed by atoms with Crippen LogP contribution < -0.4 is 10.2 Å². The van der Waals surface area contributed by atoms with Crippen molar-refractivity contribution in [3.05, 3.63) is 16.9 Å². The largest absolute Gasteiger partial charge is 0.340 e. The molecule has 1 aliphatic rings. The minimum Gasteiger partial charge on any atom is -0.340 e. The number of hydrogen-bond donors (Lipinski definition) is 1. The van der Waals surface area contributed by atoms with Crippen molar-refractivity contribution in [1.82, 2.24) is 15.3 Å². The topological polar surface area (TPSA) is 41.1 Å². The molecule has 2 rings (SSSR count). The number of aromatic nitrogens is 2. The normalized spacial score (nSPS) is 19.6. The molecule has 0 bridgehead atoms. The molecule has 1 N–H and O–H groups in total. The van der Waals surface area contributed by atoms with Crippen molar-refractivity contribution >= 4 is 30.0 Å². The number of rotatable bonds is 2. The third kappa shape index (κ3) is 3.44. The predicted molar refractivity (Wildman–Crippen MR) is 73.3 cm³/mol. The highest BCUT2D eigenvalue weighted by atomic mass is 35.5. The molecule has 2 heterocycles. The van der Waals surface area contributed by atoms with Gasteiger partial charge in [-0.3, -0.25) is 0 Å². The van der Waals surface area contributed by atoms with Gasteiger partial charge in [0, 0.05) is 31.4 Å². The predicted octanol–water partition coefficient (Wildman–Crippen LogP) is 2.05. The van der Waals surface area contributed by atoms with Gasteiger partial charge in [0.25, 0.3) is 0 Å². The molecule has 1 aromatic heterocycles. The summed E-state index contributed by atoms with van der Waals surface area (Å²) in [6.07, 6.45) is 4.16. The first-order chi connectivity index (χ1) is 7.68. The number of likely N-dealkylation sites (N-methyl/N-ethyl adjacent to an activating group) is 1. The van der Waals surface area contributed by atoms with Crippen LogP contribution >= 0.6 is 24.0 Å². The zero-order valence-electron chi connectivity index (χ0n) is 10.1. The van der Waals surface area contributed by atoms with Crippen LogP contribution in [0.2, 0.25) is 5.15 Å². The van der Waals surface area contributed by atoms with Crippen LogP contribution in [0.15, 0.2) is 6.20 Å². The van der Waals surface area contributed by atoms with Crippen molar-refractivity contribution < 1.29 is 0 Å². The molecule has 1 aromatic rings. The van der Waals surface area contributed by atoms with Crippen molar-refractivity contribution in [2.75, 3.05) is 25.0 Å². The van der Waals surface area contributed by atoms with Crippen molar-refractivity contribution in [3.8, 4) is 0 Å². The van der Waals surface area contributed by atoms with Crippen LogP contribution in [0.1, 0.15) is 18.4 Å². The lowest BCUT2D eigenvalue weighted by atomic mass is 10.1. The second-order valence-electron chi connectivity index (χ2n) is 4.25. The van der Waals surface area contributed by atoms with Crippen LogP contribution in [-0.2, 0) is 0 Å². The summed E-state index contributed by atoms with van der Waals surface area (Å²) >= 11 is 6.00. The summed E-state index contributed by atoms with van der Waals surface area (Å²) in [6, 6.07) is 0.465. The summed E-state index contributed by atoms with van der Waals surface area (Å²) in [5, 5.41) is 3.92. The van der Waals surface area contributed by atoms with E-state index in [1.807, 2.05) is 14.0 Å². The molecule has 1 saturated heterocycles. The van der Waals surface area contributed by atoms with Gasteiger partial charge in [-0.15, -0.1) is 12.4 Å². The standard InChI is InChI=1S/C11H17ClN4.ClH/c1-8-6-14-11(15-10(8)12)16(2)9-4-3-5-13-7-9;/h6,9,13H,3-5,7H2,1-2H3;1H/t9-;/m0./s1. The van der Waals surface area contributed by atoms with E-state index in [9.17, 15) is 0 Å².